The Kier molecular flexibility index (Phi) is 10.5. The van der Waals surface area contributed by atoms with Gasteiger partial charge in [0.2, 0.25) is 0 Å². The van der Waals surface area contributed by atoms with Crippen molar-refractivity contribution < 1.29 is 18.3 Å². The third kappa shape index (κ3) is 7.96. The number of carbonyl (C=O) groups excluding carboxylic acids is 1. The van der Waals surface area contributed by atoms with Crippen LogP contribution in [0.1, 0.15) is 48.0 Å². The summed E-state index contributed by atoms with van der Waals surface area (Å²) in [6, 6.07) is 23.6. The lowest BCUT2D eigenvalue weighted by molar-refractivity contribution is -0.00228. The van der Waals surface area contributed by atoms with Gasteiger partial charge in [-0.25, -0.2) is 8.42 Å². The predicted octanol–water partition coefficient (Wildman–Crippen LogP) is 6.55. The van der Waals surface area contributed by atoms with Crippen LogP contribution in [0.3, 0.4) is 0 Å². The topological polar surface area (TPSA) is 77.9 Å². The number of likely N-dealkylation sites (tertiary alicyclic amines) is 2. The summed E-state index contributed by atoms with van der Waals surface area (Å²) in [7, 11) is -3.55. The maximum absolute atomic E-state index is 13.4. The van der Waals surface area contributed by atoms with E-state index in [2.05, 4.69) is 4.90 Å². The summed E-state index contributed by atoms with van der Waals surface area (Å²) in [5.41, 5.74) is 0.563. The van der Waals surface area contributed by atoms with E-state index in [-0.39, 0.29) is 21.3 Å². The zero-order valence-corrected chi connectivity index (χ0v) is 27.3. The van der Waals surface area contributed by atoms with Gasteiger partial charge in [0.05, 0.1) is 31.0 Å². The molecular formula is C33H38Cl2N2O4S2. The van der Waals surface area contributed by atoms with E-state index >= 15 is 0 Å². The Hall–Kier alpha value is -2.07. The highest BCUT2D eigenvalue weighted by atomic mass is 35.5. The summed E-state index contributed by atoms with van der Waals surface area (Å²) >= 11 is 14.6. The summed E-state index contributed by atoms with van der Waals surface area (Å²) in [6.07, 6.45) is 3.61. The second-order valence-electron chi connectivity index (χ2n) is 11.7. The van der Waals surface area contributed by atoms with Crippen LogP contribution >= 0.6 is 35.0 Å². The third-order valence-corrected chi connectivity index (χ3v) is 12.8. The molecule has 0 spiro atoms. The zero-order valence-electron chi connectivity index (χ0n) is 24.1. The molecule has 6 nitrogen and oxygen atoms in total. The first kappa shape index (κ1) is 32.3. The number of amides is 1. The molecule has 2 heterocycles. The quantitative estimate of drug-likeness (QED) is 0.249. The van der Waals surface area contributed by atoms with Crippen LogP contribution in [0.25, 0.3) is 0 Å². The number of rotatable bonds is 10. The Morgan fingerprint density at radius 1 is 0.884 bits per heavy atom. The van der Waals surface area contributed by atoms with Gasteiger partial charge in [-0.3, -0.25) is 4.79 Å². The van der Waals surface area contributed by atoms with E-state index in [1.54, 1.807) is 30.3 Å². The van der Waals surface area contributed by atoms with E-state index in [0.717, 1.165) is 37.1 Å². The van der Waals surface area contributed by atoms with E-state index < -0.39 is 15.4 Å². The number of carbonyl (C=O) groups is 1. The first-order chi connectivity index (χ1) is 20.6. The number of thioether (sulfide) groups is 1. The summed E-state index contributed by atoms with van der Waals surface area (Å²) in [6.45, 7) is 3.48. The molecule has 1 unspecified atom stereocenters. The number of aliphatic hydroxyl groups is 1. The van der Waals surface area contributed by atoms with Crippen LogP contribution < -0.4 is 0 Å². The average Bonchev–Trinajstić information content (AvgIpc) is 3.02. The number of hydrogen-bond donors (Lipinski definition) is 1. The maximum Gasteiger partial charge on any atom is 0.253 e. The molecule has 3 aromatic rings. The lowest BCUT2D eigenvalue weighted by atomic mass is 9.89. The minimum absolute atomic E-state index is 0.0421. The summed E-state index contributed by atoms with van der Waals surface area (Å²) in [4.78, 5) is 17.9. The van der Waals surface area contributed by atoms with Gasteiger partial charge in [-0.05, 0) is 86.4 Å². The van der Waals surface area contributed by atoms with Crippen LogP contribution in [0, 0.1) is 0 Å². The molecule has 230 valence electrons. The van der Waals surface area contributed by atoms with Crippen molar-refractivity contribution >= 4 is 50.7 Å². The lowest BCUT2D eigenvalue weighted by Crippen LogP contribution is -2.48. The minimum Gasteiger partial charge on any atom is -0.389 e. The van der Waals surface area contributed by atoms with Crippen molar-refractivity contribution in [2.24, 2.45) is 0 Å². The number of benzene rings is 3. The highest BCUT2D eigenvalue weighted by molar-refractivity contribution is 8.00. The molecule has 3 aromatic carbocycles. The van der Waals surface area contributed by atoms with Crippen LogP contribution in [-0.2, 0) is 14.6 Å². The summed E-state index contributed by atoms with van der Waals surface area (Å²) in [5, 5.41) is 12.1. The van der Waals surface area contributed by atoms with Gasteiger partial charge >= 0.3 is 0 Å². The molecule has 2 aliphatic rings. The van der Waals surface area contributed by atoms with Crippen molar-refractivity contribution in [3.63, 3.8) is 0 Å². The maximum atomic E-state index is 13.4. The molecule has 1 amide bonds. The van der Waals surface area contributed by atoms with Gasteiger partial charge in [0.25, 0.3) is 5.91 Å². The largest absolute Gasteiger partial charge is 0.389 e. The molecule has 10 heteroatoms. The fraction of sp³-hybridized carbons (Fsp3) is 0.424. The lowest BCUT2D eigenvalue weighted by Gasteiger charge is -2.43. The van der Waals surface area contributed by atoms with Crippen molar-refractivity contribution in [3.05, 3.63) is 100 Å². The van der Waals surface area contributed by atoms with Crippen LogP contribution in [-0.4, -0.2) is 79.1 Å². The monoisotopic (exact) mass is 660 g/mol. The third-order valence-electron chi connectivity index (χ3n) is 8.55. The van der Waals surface area contributed by atoms with Gasteiger partial charge < -0.3 is 14.9 Å². The highest BCUT2D eigenvalue weighted by Gasteiger charge is 2.40. The van der Waals surface area contributed by atoms with Crippen LogP contribution in [0.2, 0.25) is 10.0 Å². The molecule has 5 rings (SSSR count). The summed E-state index contributed by atoms with van der Waals surface area (Å²) in [5.74, 6) is 0.676. The fourth-order valence-corrected chi connectivity index (χ4v) is 9.66. The van der Waals surface area contributed by atoms with E-state index in [4.69, 9.17) is 23.2 Å². The Morgan fingerprint density at radius 3 is 2.23 bits per heavy atom. The molecule has 0 bridgehead atoms. The standard InChI is InChI=1S/C33H38Cl2N2O4S2/c34-29-14-13-27(23-30(29)35)33(15-7-19-37(24-33)31(38)26-9-3-1-4-10-26)42-22-8-18-36-20-16-32(39,17-21-36)25-43(40,41)28-11-5-2-6-12-28/h1-6,9-14,23,39H,7-8,15-22,24-25H2. The molecule has 2 saturated heterocycles. The van der Waals surface area contributed by atoms with Crippen molar-refractivity contribution in [3.8, 4) is 0 Å². The van der Waals surface area contributed by atoms with Crippen LogP contribution in [0.5, 0.6) is 0 Å². The molecule has 0 radical (unpaired) electrons. The van der Waals surface area contributed by atoms with Crippen molar-refractivity contribution in [1.29, 1.82) is 0 Å². The first-order valence-corrected chi connectivity index (χ1v) is 18.2. The minimum atomic E-state index is -3.55. The van der Waals surface area contributed by atoms with E-state index in [0.29, 0.717) is 54.6 Å². The van der Waals surface area contributed by atoms with Gasteiger partial charge in [-0.15, -0.1) is 11.8 Å². The van der Waals surface area contributed by atoms with Crippen molar-refractivity contribution in [1.82, 2.24) is 9.80 Å². The van der Waals surface area contributed by atoms with Gasteiger partial charge in [0, 0.05) is 31.7 Å². The second-order valence-corrected chi connectivity index (χ2v) is 15.9. The molecule has 0 aromatic heterocycles. The number of piperidine rings is 2. The van der Waals surface area contributed by atoms with Gasteiger partial charge in [0.15, 0.2) is 9.84 Å². The Balaban J connectivity index is 1.19. The molecular weight excluding hydrogens is 623 g/mol. The van der Waals surface area contributed by atoms with Crippen LogP contribution in [0.4, 0.5) is 0 Å². The van der Waals surface area contributed by atoms with E-state index in [1.807, 2.05) is 65.2 Å². The summed E-state index contributed by atoms with van der Waals surface area (Å²) < 4.78 is 25.4. The van der Waals surface area contributed by atoms with Gasteiger partial charge in [-0.1, -0.05) is 65.7 Å². The van der Waals surface area contributed by atoms with E-state index in [9.17, 15) is 18.3 Å². The number of sulfone groups is 1. The Bertz CT molecular complexity index is 1500. The van der Waals surface area contributed by atoms with E-state index in [1.165, 1.54) is 0 Å². The molecule has 1 atom stereocenters. The highest BCUT2D eigenvalue weighted by Crippen LogP contribution is 2.46. The zero-order chi connectivity index (χ0) is 30.5. The predicted molar refractivity (Wildman–Crippen MR) is 176 cm³/mol. The number of halogens is 2. The Labute approximate surface area is 269 Å². The normalized spacial score (nSPS) is 21.0. The number of nitrogens with zero attached hydrogens (tertiary/aromatic N) is 2. The van der Waals surface area contributed by atoms with Gasteiger partial charge in [0.1, 0.15) is 0 Å². The molecule has 2 fully saturated rings. The molecule has 43 heavy (non-hydrogen) atoms. The number of hydrogen-bond acceptors (Lipinski definition) is 6. The molecule has 1 N–H and O–H groups in total. The second kappa shape index (κ2) is 13.9. The molecule has 0 aliphatic carbocycles. The average molecular weight is 662 g/mol. The smallest absolute Gasteiger partial charge is 0.253 e. The molecule has 2 aliphatic heterocycles. The fourth-order valence-electron chi connectivity index (χ4n) is 6.13. The first-order valence-electron chi connectivity index (χ1n) is 14.8. The van der Waals surface area contributed by atoms with Crippen LogP contribution in [0.15, 0.2) is 83.8 Å². The van der Waals surface area contributed by atoms with Gasteiger partial charge in [-0.2, -0.15) is 0 Å². The Morgan fingerprint density at radius 2 is 1.56 bits per heavy atom. The molecule has 0 saturated carbocycles. The van der Waals surface area contributed by atoms with Crippen molar-refractivity contribution in [2.45, 2.75) is 47.3 Å². The SMILES string of the molecule is O=C(c1ccccc1)N1CCCC(SCCCN2CCC(O)(CS(=O)(=O)c3ccccc3)CC2)(c2ccc(Cl)c(Cl)c2)C1. The van der Waals surface area contributed by atoms with Crippen molar-refractivity contribution in [2.75, 3.05) is 44.2 Å².